The van der Waals surface area contributed by atoms with Crippen molar-refractivity contribution in [2.75, 3.05) is 38.5 Å². The quantitative estimate of drug-likeness (QED) is 0.788. The molecule has 98 valence electrons. The lowest BCUT2D eigenvalue weighted by Gasteiger charge is -2.30. The lowest BCUT2D eigenvalue weighted by molar-refractivity contribution is 0.196. The highest BCUT2D eigenvalue weighted by Gasteiger charge is 2.11. The predicted molar refractivity (Wildman–Crippen MR) is 76.2 cm³/mol. The number of nitrogens with two attached hydrogens (primary N) is 1. The summed E-state index contributed by atoms with van der Waals surface area (Å²) in [6.45, 7) is 14.5. The molecule has 1 saturated heterocycles. The van der Waals surface area contributed by atoms with Crippen LogP contribution < -0.4 is 11.1 Å². The van der Waals surface area contributed by atoms with Gasteiger partial charge in [-0.3, -0.25) is 4.90 Å². The van der Waals surface area contributed by atoms with Gasteiger partial charge < -0.3 is 11.1 Å². The Balaban J connectivity index is 0.000000293. The van der Waals surface area contributed by atoms with Crippen LogP contribution in [0.3, 0.4) is 0 Å². The first-order chi connectivity index (χ1) is 7.57. The van der Waals surface area contributed by atoms with Gasteiger partial charge in [-0.1, -0.05) is 13.8 Å². The van der Waals surface area contributed by atoms with Gasteiger partial charge >= 0.3 is 0 Å². The molecule has 1 aliphatic rings. The zero-order chi connectivity index (χ0) is 12.4. The normalized spacial score (nSPS) is 17.4. The molecule has 16 heavy (non-hydrogen) atoms. The monoisotopic (exact) mass is 247 g/mol. The third kappa shape index (κ3) is 9.46. The van der Waals surface area contributed by atoms with Crippen molar-refractivity contribution >= 4 is 11.8 Å². The minimum absolute atomic E-state index is 0.729. The van der Waals surface area contributed by atoms with Gasteiger partial charge in [0, 0.05) is 44.5 Å². The summed E-state index contributed by atoms with van der Waals surface area (Å²) in [5.41, 5.74) is 5.26. The summed E-state index contributed by atoms with van der Waals surface area (Å²) in [7, 11) is 0. The van der Waals surface area contributed by atoms with Gasteiger partial charge in [0.1, 0.15) is 0 Å². The van der Waals surface area contributed by atoms with Gasteiger partial charge in [-0.2, -0.15) is 11.8 Å². The topological polar surface area (TPSA) is 41.3 Å². The summed E-state index contributed by atoms with van der Waals surface area (Å²) in [5.74, 6) is 1.09. The number of piperazine rings is 1. The van der Waals surface area contributed by atoms with Gasteiger partial charge in [0.15, 0.2) is 0 Å². The van der Waals surface area contributed by atoms with E-state index in [-0.39, 0.29) is 0 Å². The SMILES string of the molecule is CC(C)N1CCNCC1.CC(C)SCCN. The van der Waals surface area contributed by atoms with Crippen LogP contribution in [-0.4, -0.2) is 54.7 Å². The van der Waals surface area contributed by atoms with E-state index in [4.69, 9.17) is 5.73 Å². The summed E-state index contributed by atoms with van der Waals surface area (Å²) in [5, 5.41) is 4.07. The van der Waals surface area contributed by atoms with Crippen molar-refractivity contribution in [2.45, 2.75) is 39.0 Å². The van der Waals surface area contributed by atoms with E-state index in [0.29, 0.717) is 0 Å². The van der Waals surface area contributed by atoms with Crippen molar-refractivity contribution in [1.82, 2.24) is 10.2 Å². The molecule has 1 fully saturated rings. The first-order valence-corrected chi connectivity index (χ1v) is 7.39. The van der Waals surface area contributed by atoms with Crippen LogP contribution in [0, 0.1) is 0 Å². The molecule has 1 heterocycles. The van der Waals surface area contributed by atoms with E-state index in [1.54, 1.807) is 0 Å². The second kappa shape index (κ2) is 10.4. The van der Waals surface area contributed by atoms with Crippen molar-refractivity contribution < 1.29 is 0 Å². The fourth-order valence-electron chi connectivity index (χ4n) is 1.50. The number of hydrogen-bond acceptors (Lipinski definition) is 4. The summed E-state index contributed by atoms with van der Waals surface area (Å²) in [6, 6.07) is 0.729. The van der Waals surface area contributed by atoms with Crippen LogP contribution >= 0.6 is 11.8 Å². The summed E-state index contributed by atoms with van der Waals surface area (Å²) in [6.07, 6.45) is 0. The van der Waals surface area contributed by atoms with Crippen LogP contribution in [0.5, 0.6) is 0 Å². The van der Waals surface area contributed by atoms with Crippen LogP contribution in [0.4, 0.5) is 0 Å². The molecule has 0 aromatic rings. The van der Waals surface area contributed by atoms with E-state index < -0.39 is 0 Å². The lowest BCUT2D eigenvalue weighted by Crippen LogP contribution is -2.46. The average molecular weight is 247 g/mol. The highest BCUT2D eigenvalue weighted by Crippen LogP contribution is 2.05. The Morgan fingerprint density at radius 3 is 2.00 bits per heavy atom. The molecule has 0 radical (unpaired) electrons. The largest absolute Gasteiger partial charge is 0.330 e. The Labute approximate surface area is 106 Å². The first kappa shape index (κ1) is 16.2. The number of nitrogens with one attached hydrogen (secondary N) is 1. The number of nitrogens with zero attached hydrogens (tertiary/aromatic N) is 1. The maximum Gasteiger partial charge on any atom is 0.0110 e. The minimum atomic E-state index is 0.729. The lowest BCUT2D eigenvalue weighted by atomic mass is 10.3. The van der Waals surface area contributed by atoms with Crippen LogP contribution in [-0.2, 0) is 0 Å². The van der Waals surface area contributed by atoms with Crippen molar-refractivity contribution in [2.24, 2.45) is 5.73 Å². The number of hydrogen-bond donors (Lipinski definition) is 2. The number of thioether (sulfide) groups is 1. The second-order valence-corrected chi connectivity index (χ2v) is 6.27. The van der Waals surface area contributed by atoms with Crippen molar-refractivity contribution in [3.8, 4) is 0 Å². The molecule has 0 amide bonds. The second-order valence-electron chi connectivity index (χ2n) is 4.59. The molecule has 0 atom stereocenters. The van der Waals surface area contributed by atoms with Gasteiger partial charge in [0.2, 0.25) is 0 Å². The van der Waals surface area contributed by atoms with Gasteiger partial charge in [0.05, 0.1) is 0 Å². The minimum Gasteiger partial charge on any atom is -0.330 e. The van der Waals surface area contributed by atoms with E-state index in [1.807, 2.05) is 11.8 Å². The maximum absolute atomic E-state index is 5.26. The van der Waals surface area contributed by atoms with Crippen molar-refractivity contribution in [3.63, 3.8) is 0 Å². The van der Waals surface area contributed by atoms with E-state index >= 15 is 0 Å². The van der Waals surface area contributed by atoms with Crippen LogP contribution in [0.2, 0.25) is 0 Å². The molecular weight excluding hydrogens is 218 g/mol. The fourth-order valence-corrected chi connectivity index (χ4v) is 2.11. The molecule has 1 rings (SSSR count). The fraction of sp³-hybridized carbons (Fsp3) is 1.00. The molecule has 0 spiro atoms. The summed E-state index contributed by atoms with van der Waals surface area (Å²) in [4.78, 5) is 2.50. The third-order valence-corrected chi connectivity index (χ3v) is 3.59. The molecule has 3 nitrogen and oxygen atoms in total. The van der Waals surface area contributed by atoms with Gasteiger partial charge in [-0.15, -0.1) is 0 Å². The number of rotatable bonds is 4. The highest BCUT2D eigenvalue weighted by molar-refractivity contribution is 7.99. The first-order valence-electron chi connectivity index (χ1n) is 6.34. The van der Waals surface area contributed by atoms with E-state index in [0.717, 1.165) is 36.7 Å². The Hall–Kier alpha value is 0.230. The molecule has 0 unspecified atom stereocenters. The van der Waals surface area contributed by atoms with Gasteiger partial charge in [-0.25, -0.2) is 0 Å². The predicted octanol–water partition coefficient (Wildman–Crippen LogP) is 1.39. The van der Waals surface area contributed by atoms with E-state index in [2.05, 4.69) is 37.9 Å². The molecule has 1 aliphatic heterocycles. The molecule has 0 aromatic heterocycles. The Morgan fingerprint density at radius 2 is 1.75 bits per heavy atom. The van der Waals surface area contributed by atoms with Crippen molar-refractivity contribution in [1.29, 1.82) is 0 Å². The van der Waals surface area contributed by atoms with E-state index in [9.17, 15) is 0 Å². The Bertz CT molecular complexity index is 145. The van der Waals surface area contributed by atoms with Gasteiger partial charge in [0.25, 0.3) is 0 Å². The zero-order valence-corrected chi connectivity index (χ0v) is 12.1. The highest BCUT2D eigenvalue weighted by atomic mass is 32.2. The molecular formula is C12H29N3S. The van der Waals surface area contributed by atoms with Crippen LogP contribution in [0.15, 0.2) is 0 Å². The summed E-state index contributed by atoms with van der Waals surface area (Å²) >= 11 is 1.91. The smallest absolute Gasteiger partial charge is 0.0110 e. The van der Waals surface area contributed by atoms with Crippen LogP contribution in [0.1, 0.15) is 27.7 Å². The van der Waals surface area contributed by atoms with Gasteiger partial charge in [-0.05, 0) is 19.1 Å². The Kier molecular flexibility index (Phi) is 10.5. The molecule has 4 heteroatoms. The molecule has 3 N–H and O–H groups in total. The molecule has 0 bridgehead atoms. The third-order valence-electron chi connectivity index (χ3n) is 2.45. The zero-order valence-electron chi connectivity index (χ0n) is 11.3. The average Bonchev–Trinajstić information content (AvgIpc) is 2.28. The standard InChI is InChI=1S/C7H16N2.C5H13NS/c1-7(2)9-5-3-8-4-6-9;1-5(2)7-4-3-6/h7-8H,3-6H2,1-2H3;5H,3-4,6H2,1-2H3. The van der Waals surface area contributed by atoms with Crippen molar-refractivity contribution in [3.05, 3.63) is 0 Å². The molecule has 0 saturated carbocycles. The molecule has 0 aromatic carbocycles. The molecule has 0 aliphatic carbocycles. The Morgan fingerprint density at radius 1 is 1.19 bits per heavy atom. The summed E-state index contributed by atoms with van der Waals surface area (Å²) < 4.78 is 0. The van der Waals surface area contributed by atoms with E-state index in [1.165, 1.54) is 13.1 Å². The maximum atomic E-state index is 5.26. The van der Waals surface area contributed by atoms with Crippen LogP contribution in [0.25, 0.3) is 0 Å².